The van der Waals surface area contributed by atoms with Crippen LogP contribution in [0.15, 0.2) is 54.6 Å². The molecule has 1 aliphatic heterocycles. The smallest absolute Gasteiger partial charge is 0.243 e. The Morgan fingerprint density at radius 1 is 1.07 bits per heavy atom. The van der Waals surface area contributed by atoms with E-state index in [9.17, 15) is 9.59 Å². The summed E-state index contributed by atoms with van der Waals surface area (Å²) in [4.78, 5) is 31.1. The van der Waals surface area contributed by atoms with E-state index in [1.165, 1.54) is 0 Å². The molecule has 0 aliphatic carbocycles. The van der Waals surface area contributed by atoms with Gasteiger partial charge in [0.15, 0.2) is 0 Å². The molecule has 7 nitrogen and oxygen atoms in total. The van der Waals surface area contributed by atoms with Gasteiger partial charge in [-0.3, -0.25) is 9.59 Å². The summed E-state index contributed by atoms with van der Waals surface area (Å²) in [6, 6.07) is 16.6. The Kier molecular flexibility index (Phi) is 5.46. The van der Waals surface area contributed by atoms with Crippen molar-refractivity contribution in [2.45, 2.75) is 38.5 Å². The molecule has 2 heterocycles. The van der Waals surface area contributed by atoms with Gasteiger partial charge in [0.1, 0.15) is 30.8 Å². The zero-order valence-corrected chi connectivity index (χ0v) is 16.2. The monoisotopic (exact) mass is 392 g/mol. The molecule has 1 saturated heterocycles. The molecule has 0 radical (unpaired) electrons. The van der Waals surface area contributed by atoms with Crippen LogP contribution in [-0.2, 0) is 22.7 Å². The molecule has 2 N–H and O–H groups in total. The van der Waals surface area contributed by atoms with Gasteiger partial charge in [-0.15, -0.1) is 0 Å². The molecule has 3 aromatic rings. The normalized spacial score (nSPS) is 16.7. The summed E-state index contributed by atoms with van der Waals surface area (Å²) in [5, 5.41) is 0. The number of piperidine rings is 1. The molecule has 2 amide bonds. The van der Waals surface area contributed by atoms with Gasteiger partial charge in [-0.25, -0.2) is 4.98 Å². The van der Waals surface area contributed by atoms with Crippen molar-refractivity contribution in [1.29, 1.82) is 0 Å². The average molecular weight is 392 g/mol. The fourth-order valence-electron chi connectivity index (χ4n) is 3.83. The number of nitrogens with two attached hydrogens (primary N) is 1. The highest BCUT2D eigenvalue weighted by Gasteiger charge is 2.31. The van der Waals surface area contributed by atoms with Gasteiger partial charge in [-0.05, 0) is 43.5 Å². The molecule has 0 bridgehead atoms. The van der Waals surface area contributed by atoms with E-state index in [-0.39, 0.29) is 19.1 Å². The van der Waals surface area contributed by atoms with Gasteiger partial charge in [0.25, 0.3) is 0 Å². The molecule has 150 valence electrons. The molecule has 4 rings (SSSR count). The van der Waals surface area contributed by atoms with Crippen molar-refractivity contribution in [2.24, 2.45) is 5.73 Å². The minimum Gasteiger partial charge on any atom is -0.486 e. The Morgan fingerprint density at radius 2 is 1.83 bits per heavy atom. The second kappa shape index (κ2) is 8.34. The number of carbonyl (C=O) groups excluding carboxylic acids is 2. The van der Waals surface area contributed by atoms with Crippen molar-refractivity contribution >= 4 is 22.8 Å². The molecule has 1 aliphatic rings. The maximum atomic E-state index is 13.1. The van der Waals surface area contributed by atoms with Crippen LogP contribution in [0.25, 0.3) is 11.0 Å². The summed E-state index contributed by atoms with van der Waals surface area (Å²) in [5.41, 5.74) is 7.19. The van der Waals surface area contributed by atoms with E-state index < -0.39 is 11.9 Å². The number of carbonyl (C=O) groups is 2. The van der Waals surface area contributed by atoms with Crippen LogP contribution in [-0.4, -0.2) is 38.9 Å². The average Bonchev–Trinajstić information content (AvgIpc) is 3.10. The molecule has 29 heavy (non-hydrogen) atoms. The topological polar surface area (TPSA) is 90.5 Å². The molecule has 1 fully saturated rings. The number of ether oxygens (including phenoxy) is 1. The maximum Gasteiger partial charge on any atom is 0.243 e. The van der Waals surface area contributed by atoms with Gasteiger partial charge >= 0.3 is 0 Å². The minimum absolute atomic E-state index is 0.0950. The number of hydrogen-bond donors (Lipinski definition) is 1. The molecule has 1 aromatic heterocycles. The molecule has 1 unspecified atom stereocenters. The Bertz CT molecular complexity index is 1020. The highest BCUT2D eigenvalue weighted by molar-refractivity contribution is 5.87. The van der Waals surface area contributed by atoms with Crippen LogP contribution in [0.2, 0.25) is 0 Å². The second-order valence-electron chi connectivity index (χ2n) is 7.21. The van der Waals surface area contributed by atoms with Crippen LogP contribution in [0.5, 0.6) is 5.75 Å². The van der Waals surface area contributed by atoms with E-state index in [0.717, 1.165) is 29.6 Å². The number of para-hydroxylation sites is 3. The van der Waals surface area contributed by atoms with Crippen molar-refractivity contribution in [3.05, 3.63) is 60.4 Å². The first kappa shape index (κ1) is 19.0. The first-order chi connectivity index (χ1) is 14.1. The van der Waals surface area contributed by atoms with E-state index in [2.05, 4.69) is 4.98 Å². The van der Waals surface area contributed by atoms with Crippen molar-refractivity contribution in [3.8, 4) is 5.75 Å². The summed E-state index contributed by atoms with van der Waals surface area (Å²) in [7, 11) is 0. The third-order valence-corrected chi connectivity index (χ3v) is 5.29. The number of fused-ring (bicyclic) bond motifs is 1. The summed E-state index contributed by atoms with van der Waals surface area (Å²) < 4.78 is 7.73. The van der Waals surface area contributed by atoms with Crippen molar-refractivity contribution in [3.63, 3.8) is 0 Å². The quantitative estimate of drug-likeness (QED) is 0.698. The summed E-state index contributed by atoms with van der Waals surface area (Å²) in [6.45, 7) is 0.887. The van der Waals surface area contributed by atoms with Gasteiger partial charge in [0, 0.05) is 6.54 Å². The van der Waals surface area contributed by atoms with Gasteiger partial charge in [-0.2, -0.15) is 0 Å². The zero-order valence-electron chi connectivity index (χ0n) is 16.2. The Balaban J connectivity index is 1.59. The summed E-state index contributed by atoms with van der Waals surface area (Å²) in [6.07, 6.45) is 2.40. The molecule has 0 saturated carbocycles. The number of aromatic nitrogens is 2. The summed E-state index contributed by atoms with van der Waals surface area (Å²) in [5.74, 6) is 0.831. The van der Waals surface area contributed by atoms with E-state index in [0.29, 0.717) is 18.8 Å². The highest BCUT2D eigenvalue weighted by atomic mass is 16.5. The van der Waals surface area contributed by atoms with Crippen molar-refractivity contribution in [1.82, 2.24) is 14.5 Å². The van der Waals surface area contributed by atoms with Crippen molar-refractivity contribution < 1.29 is 14.3 Å². The Hall–Kier alpha value is -3.35. The third kappa shape index (κ3) is 4.08. The number of nitrogens with zero attached hydrogens (tertiary/aromatic N) is 3. The summed E-state index contributed by atoms with van der Waals surface area (Å²) >= 11 is 0. The Labute approximate surface area is 169 Å². The van der Waals surface area contributed by atoms with E-state index in [1.54, 1.807) is 4.90 Å². The van der Waals surface area contributed by atoms with Gasteiger partial charge < -0.3 is 19.9 Å². The predicted molar refractivity (Wildman–Crippen MR) is 109 cm³/mol. The SMILES string of the molecule is NC(=O)C1CCCCN1C(=O)Cn1c(COc2ccccc2)nc2ccccc21. The lowest BCUT2D eigenvalue weighted by molar-refractivity contribution is -0.141. The first-order valence-corrected chi connectivity index (χ1v) is 9.84. The highest BCUT2D eigenvalue weighted by Crippen LogP contribution is 2.21. The van der Waals surface area contributed by atoms with Crippen LogP contribution in [0.4, 0.5) is 0 Å². The van der Waals surface area contributed by atoms with E-state index in [4.69, 9.17) is 10.5 Å². The number of hydrogen-bond acceptors (Lipinski definition) is 4. The standard InChI is InChI=1S/C22H24N4O3/c23-22(28)19-12-6-7-13-25(19)21(27)14-26-18-11-5-4-10-17(18)24-20(26)15-29-16-8-2-1-3-9-16/h1-5,8-11,19H,6-7,12-15H2,(H2,23,28). The van der Waals surface area contributed by atoms with E-state index >= 15 is 0 Å². The number of benzene rings is 2. The number of likely N-dealkylation sites (tertiary alicyclic amines) is 1. The lowest BCUT2D eigenvalue weighted by Crippen LogP contribution is -2.51. The third-order valence-electron chi connectivity index (χ3n) is 5.29. The molecule has 0 spiro atoms. The number of imidazole rings is 1. The number of primary amides is 1. The maximum absolute atomic E-state index is 13.1. The fraction of sp³-hybridized carbons (Fsp3) is 0.318. The van der Waals surface area contributed by atoms with Crippen LogP contribution in [0, 0.1) is 0 Å². The largest absolute Gasteiger partial charge is 0.486 e. The lowest BCUT2D eigenvalue weighted by Gasteiger charge is -2.34. The predicted octanol–water partition coefficient (Wildman–Crippen LogP) is 2.48. The molecule has 1 atom stereocenters. The number of amides is 2. The molecular weight excluding hydrogens is 368 g/mol. The molecule has 7 heteroatoms. The first-order valence-electron chi connectivity index (χ1n) is 9.84. The van der Waals surface area contributed by atoms with Gasteiger partial charge in [0.05, 0.1) is 11.0 Å². The van der Waals surface area contributed by atoms with Crippen LogP contribution < -0.4 is 10.5 Å². The van der Waals surface area contributed by atoms with Crippen LogP contribution in [0.3, 0.4) is 0 Å². The molecule has 2 aromatic carbocycles. The Morgan fingerprint density at radius 3 is 2.62 bits per heavy atom. The van der Waals surface area contributed by atoms with Crippen LogP contribution >= 0.6 is 0 Å². The number of rotatable bonds is 6. The fourth-order valence-corrected chi connectivity index (χ4v) is 3.83. The van der Waals surface area contributed by atoms with E-state index in [1.807, 2.05) is 59.2 Å². The van der Waals surface area contributed by atoms with Gasteiger partial charge in [-0.1, -0.05) is 30.3 Å². The zero-order chi connectivity index (χ0) is 20.2. The lowest BCUT2D eigenvalue weighted by atomic mass is 10.0. The van der Waals surface area contributed by atoms with Crippen LogP contribution in [0.1, 0.15) is 25.1 Å². The minimum atomic E-state index is -0.532. The van der Waals surface area contributed by atoms with Crippen molar-refractivity contribution in [2.75, 3.05) is 6.54 Å². The second-order valence-corrected chi connectivity index (χ2v) is 7.21. The van der Waals surface area contributed by atoms with Gasteiger partial charge in [0.2, 0.25) is 11.8 Å². The molecular formula is C22H24N4O3.